The highest BCUT2D eigenvalue weighted by Crippen LogP contribution is 2.33. The minimum Gasteiger partial charge on any atom is -0.401 e. The lowest BCUT2D eigenvalue weighted by atomic mass is 10.2. The zero-order valence-corrected chi connectivity index (χ0v) is 12.2. The van der Waals surface area contributed by atoms with E-state index in [1.54, 1.807) is 6.07 Å². The molecule has 0 amide bonds. The predicted octanol–water partition coefficient (Wildman–Crippen LogP) is 3.17. The van der Waals surface area contributed by atoms with Crippen LogP contribution in [0.15, 0.2) is 28.6 Å². The molecule has 0 atom stereocenters. The fraction of sp³-hybridized carbons (Fsp3) is 0.250. The van der Waals surface area contributed by atoms with Crippen molar-refractivity contribution >= 4 is 29.1 Å². The van der Waals surface area contributed by atoms with Crippen molar-refractivity contribution in [2.24, 2.45) is 5.73 Å². The summed E-state index contributed by atoms with van der Waals surface area (Å²) < 4.78 is 37.3. The number of halogens is 4. The van der Waals surface area contributed by atoms with Gasteiger partial charge >= 0.3 is 6.18 Å². The minimum absolute atomic E-state index is 0.0741. The third kappa shape index (κ3) is 4.65. The number of rotatable bonds is 4. The molecule has 112 valence electrons. The summed E-state index contributed by atoms with van der Waals surface area (Å²) in [6, 6.07) is 2.40. The zero-order valence-electron chi connectivity index (χ0n) is 10.7. The number of ketones is 1. The highest BCUT2D eigenvalue weighted by atomic mass is 35.5. The van der Waals surface area contributed by atoms with Crippen LogP contribution in [0, 0.1) is 11.3 Å². The van der Waals surface area contributed by atoms with E-state index in [2.05, 4.69) is 4.98 Å². The van der Waals surface area contributed by atoms with Crippen LogP contribution in [0.5, 0.6) is 0 Å². The summed E-state index contributed by atoms with van der Waals surface area (Å²) >= 11 is 6.53. The number of carbonyl (C=O) groups is 1. The van der Waals surface area contributed by atoms with E-state index in [0.29, 0.717) is 6.20 Å². The molecular formula is C12H9ClF3N3OS. The van der Waals surface area contributed by atoms with E-state index in [4.69, 9.17) is 22.6 Å². The summed E-state index contributed by atoms with van der Waals surface area (Å²) in [4.78, 5) is 15.3. The Morgan fingerprint density at radius 3 is 2.62 bits per heavy atom. The number of nitrogens with two attached hydrogens (primary N) is 1. The Morgan fingerprint density at radius 1 is 1.57 bits per heavy atom. The molecule has 9 heteroatoms. The number of alkyl halides is 3. The highest BCUT2D eigenvalue weighted by molar-refractivity contribution is 8.00. The van der Waals surface area contributed by atoms with Crippen LogP contribution in [0.3, 0.4) is 0 Å². The molecule has 0 saturated heterocycles. The average molecular weight is 336 g/mol. The molecule has 0 spiro atoms. The monoisotopic (exact) mass is 335 g/mol. The second kappa shape index (κ2) is 6.83. The van der Waals surface area contributed by atoms with Crippen LogP contribution >= 0.6 is 23.4 Å². The van der Waals surface area contributed by atoms with E-state index in [1.165, 1.54) is 6.92 Å². The third-order valence-electron chi connectivity index (χ3n) is 2.26. The molecule has 0 aliphatic rings. The van der Waals surface area contributed by atoms with E-state index in [-0.39, 0.29) is 27.1 Å². The van der Waals surface area contributed by atoms with Gasteiger partial charge in [0, 0.05) is 11.9 Å². The number of nitriles is 1. The van der Waals surface area contributed by atoms with Crippen LogP contribution in [0.2, 0.25) is 5.02 Å². The fourth-order valence-electron chi connectivity index (χ4n) is 1.26. The van der Waals surface area contributed by atoms with Crippen molar-refractivity contribution in [3.63, 3.8) is 0 Å². The fourth-order valence-corrected chi connectivity index (χ4v) is 2.33. The largest absolute Gasteiger partial charge is 0.417 e. The first kappa shape index (κ1) is 17.3. The van der Waals surface area contributed by atoms with Gasteiger partial charge in [-0.25, -0.2) is 4.98 Å². The van der Waals surface area contributed by atoms with Crippen molar-refractivity contribution in [1.29, 1.82) is 5.26 Å². The lowest BCUT2D eigenvalue weighted by molar-refractivity contribution is -0.137. The molecule has 0 saturated carbocycles. The molecule has 0 aliphatic heterocycles. The minimum atomic E-state index is -4.54. The number of hydrogen-bond donors (Lipinski definition) is 1. The van der Waals surface area contributed by atoms with Gasteiger partial charge in [-0.05, 0) is 13.0 Å². The molecule has 0 unspecified atom stereocenters. The predicted molar refractivity (Wildman–Crippen MR) is 72.5 cm³/mol. The molecule has 0 radical (unpaired) electrons. The molecule has 1 rings (SSSR count). The molecule has 0 fully saturated rings. The van der Waals surface area contributed by atoms with Gasteiger partial charge in [0.1, 0.15) is 16.7 Å². The van der Waals surface area contributed by atoms with Crippen LogP contribution < -0.4 is 5.73 Å². The molecule has 1 aromatic heterocycles. The molecule has 4 nitrogen and oxygen atoms in total. The molecule has 0 aromatic carbocycles. The standard InChI is InChI=1S/C12H9ClF3N3OS/c1-6(18)8(3-17)10(20)5-21-11-9(13)2-7(4-19-11)12(14,15)16/h2,4H,5,18H2,1H3/b8-6+. The van der Waals surface area contributed by atoms with Gasteiger partial charge in [0.15, 0.2) is 5.78 Å². The number of aromatic nitrogens is 1. The number of Topliss-reactive ketones (excluding diaryl/α,β-unsaturated/α-hetero) is 1. The van der Waals surface area contributed by atoms with E-state index in [9.17, 15) is 18.0 Å². The maximum Gasteiger partial charge on any atom is 0.417 e. The van der Waals surface area contributed by atoms with Crippen molar-refractivity contribution < 1.29 is 18.0 Å². The molecule has 21 heavy (non-hydrogen) atoms. The van der Waals surface area contributed by atoms with Gasteiger partial charge in [-0.15, -0.1) is 0 Å². The van der Waals surface area contributed by atoms with Crippen molar-refractivity contribution in [2.45, 2.75) is 18.1 Å². The summed E-state index contributed by atoms with van der Waals surface area (Å²) in [7, 11) is 0. The maximum absolute atomic E-state index is 12.4. The Bertz CT molecular complexity index is 634. The van der Waals surface area contributed by atoms with Gasteiger partial charge in [0.05, 0.1) is 16.3 Å². The van der Waals surface area contributed by atoms with E-state index < -0.39 is 17.5 Å². The number of pyridine rings is 1. The van der Waals surface area contributed by atoms with E-state index in [0.717, 1.165) is 17.8 Å². The second-order valence-corrected chi connectivity index (χ2v) is 5.26. The summed E-state index contributed by atoms with van der Waals surface area (Å²) in [5.74, 6) is -0.740. The van der Waals surface area contributed by atoms with Gasteiger partial charge < -0.3 is 5.73 Å². The quantitative estimate of drug-likeness (QED) is 0.519. The summed E-state index contributed by atoms with van der Waals surface area (Å²) in [6.07, 6.45) is -3.91. The lowest BCUT2D eigenvalue weighted by Crippen LogP contribution is -2.10. The first-order valence-electron chi connectivity index (χ1n) is 5.42. The molecule has 2 N–H and O–H groups in total. The van der Waals surface area contributed by atoms with Crippen molar-refractivity contribution in [3.8, 4) is 6.07 Å². The van der Waals surface area contributed by atoms with Crippen LogP contribution in [0.25, 0.3) is 0 Å². The van der Waals surface area contributed by atoms with Gasteiger partial charge in [0.2, 0.25) is 0 Å². The first-order chi connectivity index (χ1) is 9.66. The van der Waals surface area contributed by atoms with Crippen LogP contribution in [0.1, 0.15) is 12.5 Å². The van der Waals surface area contributed by atoms with E-state index in [1.807, 2.05) is 0 Å². The van der Waals surface area contributed by atoms with Crippen LogP contribution in [-0.2, 0) is 11.0 Å². The number of hydrogen-bond acceptors (Lipinski definition) is 5. The zero-order chi connectivity index (χ0) is 16.2. The van der Waals surface area contributed by atoms with E-state index >= 15 is 0 Å². The Balaban J connectivity index is 2.85. The van der Waals surface area contributed by atoms with Crippen LogP contribution in [-0.4, -0.2) is 16.5 Å². The van der Waals surface area contributed by atoms with Gasteiger partial charge in [-0.3, -0.25) is 4.79 Å². The first-order valence-corrected chi connectivity index (χ1v) is 6.78. The maximum atomic E-state index is 12.4. The van der Waals surface area contributed by atoms with Crippen molar-refractivity contribution in [2.75, 3.05) is 5.75 Å². The molecule has 0 bridgehead atoms. The average Bonchev–Trinajstić information content (AvgIpc) is 2.36. The summed E-state index contributed by atoms with van der Waals surface area (Å²) in [6.45, 7) is 1.41. The highest BCUT2D eigenvalue weighted by Gasteiger charge is 2.31. The Morgan fingerprint density at radius 2 is 2.19 bits per heavy atom. The topological polar surface area (TPSA) is 79.8 Å². The smallest absolute Gasteiger partial charge is 0.401 e. The molecule has 1 heterocycles. The number of carbonyl (C=O) groups excluding carboxylic acids is 1. The Hall–Kier alpha value is -1.72. The Kier molecular flexibility index (Phi) is 5.63. The van der Waals surface area contributed by atoms with Gasteiger partial charge in [-0.1, -0.05) is 23.4 Å². The molecular weight excluding hydrogens is 327 g/mol. The number of allylic oxidation sites excluding steroid dienone is 2. The van der Waals surface area contributed by atoms with Crippen molar-refractivity contribution in [3.05, 3.63) is 34.1 Å². The molecule has 1 aromatic rings. The van der Waals surface area contributed by atoms with Crippen LogP contribution in [0.4, 0.5) is 13.2 Å². The summed E-state index contributed by atoms with van der Waals surface area (Å²) in [5.41, 5.74) is 4.29. The summed E-state index contributed by atoms with van der Waals surface area (Å²) in [5, 5.41) is 8.62. The number of nitrogens with zero attached hydrogens (tertiary/aromatic N) is 2. The SMILES string of the molecule is C/C(N)=C(/C#N)C(=O)CSc1ncc(C(F)(F)F)cc1Cl. The van der Waals surface area contributed by atoms with Gasteiger partial charge in [-0.2, -0.15) is 18.4 Å². The lowest BCUT2D eigenvalue weighted by Gasteiger charge is -2.08. The number of thioether (sulfide) groups is 1. The normalized spacial score (nSPS) is 12.6. The Labute approximate surface area is 127 Å². The van der Waals surface area contributed by atoms with Gasteiger partial charge in [0.25, 0.3) is 0 Å². The second-order valence-electron chi connectivity index (χ2n) is 3.89. The third-order valence-corrected chi connectivity index (χ3v) is 3.67. The molecule has 0 aliphatic carbocycles. The van der Waals surface area contributed by atoms with Crippen molar-refractivity contribution in [1.82, 2.24) is 4.98 Å².